The first-order valence-electron chi connectivity index (χ1n) is 18.9. The molecule has 2 aliphatic heterocycles. The maximum atomic E-state index is 13.1. The van der Waals surface area contributed by atoms with Gasteiger partial charge in [-0.1, -0.05) is 105 Å². The summed E-state index contributed by atoms with van der Waals surface area (Å²) in [5.74, 6) is -1.33. The lowest BCUT2D eigenvalue weighted by atomic mass is 9.97. The average Bonchev–Trinajstić information content (AvgIpc) is 3.77. The minimum absolute atomic E-state index is 0.0301. The van der Waals surface area contributed by atoms with Crippen LogP contribution in [0.25, 0.3) is 0 Å². The van der Waals surface area contributed by atoms with Gasteiger partial charge in [0.2, 0.25) is 0 Å². The van der Waals surface area contributed by atoms with Crippen LogP contribution in [-0.4, -0.2) is 68.2 Å². The zero-order valence-corrected chi connectivity index (χ0v) is 37.0. The number of carboxylic acids is 1. The summed E-state index contributed by atoms with van der Waals surface area (Å²) >= 11 is 6.62. The minimum Gasteiger partial charge on any atom is -0.479 e. The molecular weight excluding hydrogens is 886 g/mol. The van der Waals surface area contributed by atoms with Gasteiger partial charge >= 0.3 is 18.2 Å². The lowest BCUT2D eigenvalue weighted by molar-refractivity contribution is -0.143. The molecule has 3 N–H and O–H groups in total. The number of ether oxygens (including phenoxy) is 2. The molecule has 2 atom stereocenters. The van der Waals surface area contributed by atoms with Gasteiger partial charge in [0.05, 0.1) is 19.6 Å². The largest absolute Gasteiger partial charge is 0.479 e. The standard InChI is InChI=1S/C23H24BrNO4.C14H17NO4.C8H8BrNO/c1-23(2,3)29-22(28)25-14-16-6-4-5-7-18(16)21(25)20(27)13-12-19(26)15-8-10-17(24)11-9-15;1-14(2,3)19-13(18)15-8-9-6-4-5-7-10(9)11(15)12(16)17;9-7-3-1-6(2-4-7)8(11)5-10/h4-11,21H,12-14H2,1-3H3;4-7,11H,8H2,1-3H3,(H,16,17);1-4H,5,10H2. The van der Waals surface area contributed by atoms with E-state index in [2.05, 4.69) is 31.9 Å². The molecule has 6 rings (SSSR count). The lowest BCUT2D eigenvalue weighted by Gasteiger charge is -2.28. The zero-order chi connectivity index (χ0) is 43.7. The molecule has 0 saturated heterocycles. The number of amides is 2. The number of Topliss-reactive ketones (excluding diaryl/α,β-unsaturated/α-hetero) is 3. The molecule has 312 valence electrons. The van der Waals surface area contributed by atoms with Crippen LogP contribution in [0, 0.1) is 0 Å². The summed E-state index contributed by atoms with van der Waals surface area (Å²) in [5, 5.41) is 9.33. The molecule has 0 spiro atoms. The molecule has 4 aromatic rings. The van der Waals surface area contributed by atoms with Crippen molar-refractivity contribution >= 4 is 67.4 Å². The lowest BCUT2D eigenvalue weighted by Crippen LogP contribution is -2.38. The Balaban J connectivity index is 0.000000219. The van der Waals surface area contributed by atoms with Crippen LogP contribution < -0.4 is 5.73 Å². The quantitative estimate of drug-likeness (QED) is 0.162. The van der Waals surface area contributed by atoms with E-state index in [1.807, 2.05) is 48.5 Å². The van der Waals surface area contributed by atoms with Crippen LogP contribution in [0.1, 0.15) is 109 Å². The second kappa shape index (κ2) is 20.2. The van der Waals surface area contributed by atoms with Gasteiger partial charge in [0.1, 0.15) is 17.2 Å². The first kappa shape index (κ1) is 46.5. The van der Waals surface area contributed by atoms with Crippen LogP contribution in [0.15, 0.2) is 106 Å². The van der Waals surface area contributed by atoms with E-state index in [1.165, 1.54) is 9.80 Å². The van der Waals surface area contributed by atoms with E-state index in [4.69, 9.17) is 15.2 Å². The third-order valence-electron chi connectivity index (χ3n) is 8.92. The number of carbonyl (C=O) groups is 6. The Bertz CT molecular complexity index is 2160. The zero-order valence-electron chi connectivity index (χ0n) is 33.9. The average molecular weight is 936 g/mol. The van der Waals surface area contributed by atoms with Crippen molar-refractivity contribution in [2.45, 2.75) is 90.8 Å². The van der Waals surface area contributed by atoms with Gasteiger partial charge in [0.15, 0.2) is 23.4 Å². The first-order valence-corrected chi connectivity index (χ1v) is 20.5. The maximum absolute atomic E-state index is 13.1. The number of aliphatic carboxylic acids is 1. The summed E-state index contributed by atoms with van der Waals surface area (Å²) in [6.45, 7) is 11.3. The summed E-state index contributed by atoms with van der Waals surface area (Å²) in [4.78, 5) is 75.4. The Morgan fingerprint density at radius 1 is 0.610 bits per heavy atom. The molecule has 12 nitrogen and oxygen atoms in total. The van der Waals surface area contributed by atoms with Gasteiger partial charge in [-0.3, -0.25) is 24.2 Å². The van der Waals surface area contributed by atoms with Gasteiger partial charge in [-0.25, -0.2) is 14.4 Å². The molecule has 0 fully saturated rings. The van der Waals surface area contributed by atoms with E-state index in [0.717, 1.165) is 25.6 Å². The van der Waals surface area contributed by atoms with E-state index < -0.39 is 41.4 Å². The van der Waals surface area contributed by atoms with Crippen molar-refractivity contribution in [3.63, 3.8) is 0 Å². The number of benzene rings is 4. The Hall–Kier alpha value is -5.18. The first-order chi connectivity index (χ1) is 27.7. The number of carbonyl (C=O) groups excluding carboxylic acids is 5. The molecule has 0 aromatic heterocycles. The molecule has 59 heavy (non-hydrogen) atoms. The molecular formula is C45H49Br2N3O9. The van der Waals surface area contributed by atoms with Gasteiger partial charge < -0.3 is 20.3 Å². The second-order valence-corrected chi connectivity index (χ2v) is 17.6. The van der Waals surface area contributed by atoms with Crippen LogP contribution in [0.3, 0.4) is 0 Å². The number of nitrogens with zero attached hydrogens (tertiary/aromatic N) is 2. The number of fused-ring (bicyclic) bond motifs is 2. The van der Waals surface area contributed by atoms with Crippen molar-refractivity contribution < 1.29 is 43.3 Å². The summed E-state index contributed by atoms with van der Waals surface area (Å²) in [6.07, 6.45) is -0.962. The number of halogens is 2. The van der Waals surface area contributed by atoms with Crippen LogP contribution in [0.4, 0.5) is 9.59 Å². The van der Waals surface area contributed by atoms with Crippen molar-refractivity contribution in [3.05, 3.63) is 139 Å². The topological polar surface area (TPSA) is 174 Å². The number of rotatable bonds is 8. The van der Waals surface area contributed by atoms with Crippen molar-refractivity contribution in [2.75, 3.05) is 6.54 Å². The molecule has 2 heterocycles. The van der Waals surface area contributed by atoms with E-state index in [1.54, 1.807) is 90.1 Å². The Morgan fingerprint density at radius 3 is 1.41 bits per heavy atom. The van der Waals surface area contributed by atoms with Gasteiger partial charge in [-0.05, 0) is 88.1 Å². The van der Waals surface area contributed by atoms with Gasteiger partial charge in [-0.2, -0.15) is 0 Å². The summed E-state index contributed by atoms with van der Waals surface area (Å²) in [5.41, 5.74) is 8.34. The van der Waals surface area contributed by atoms with Crippen LogP contribution >= 0.6 is 31.9 Å². The summed E-state index contributed by atoms with van der Waals surface area (Å²) < 4.78 is 12.6. The second-order valence-electron chi connectivity index (χ2n) is 15.8. The highest BCUT2D eigenvalue weighted by Gasteiger charge is 2.41. The minimum atomic E-state index is -1.05. The number of hydrogen-bond donors (Lipinski definition) is 2. The van der Waals surface area contributed by atoms with Crippen molar-refractivity contribution in [1.29, 1.82) is 0 Å². The number of ketones is 3. The molecule has 2 aliphatic rings. The number of nitrogens with two attached hydrogens (primary N) is 1. The summed E-state index contributed by atoms with van der Waals surface area (Å²) in [7, 11) is 0. The highest BCUT2D eigenvalue weighted by atomic mass is 79.9. The number of hydrogen-bond acceptors (Lipinski definition) is 9. The van der Waals surface area contributed by atoms with Crippen molar-refractivity contribution in [3.8, 4) is 0 Å². The van der Waals surface area contributed by atoms with E-state index in [9.17, 15) is 33.9 Å². The third kappa shape index (κ3) is 13.2. The molecule has 0 bridgehead atoms. The highest BCUT2D eigenvalue weighted by Crippen LogP contribution is 2.37. The van der Waals surface area contributed by atoms with Gasteiger partial charge in [0, 0.05) is 32.9 Å². The fourth-order valence-electron chi connectivity index (χ4n) is 6.28. The molecule has 14 heteroatoms. The fraction of sp³-hybridized carbons (Fsp3) is 0.333. The van der Waals surface area contributed by atoms with Crippen LogP contribution in [0.5, 0.6) is 0 Å². The number of carboxylic acid groups (broad SMARTS) is 1. The van der Waals surface area contributed by atoms with Crippen LogP contribution in [0.2, 0.25) is 0 Å². The molecule has 0 radical (unpaired) electrons. The maximum Gasteiger partial charge on any atom is 0.411 e. The highest BCUT2D eigenvalue weighted by molar-refractivity contribution is 9.10. The van der Waals surface area contributed by atoms with Gasteiger partial charge in [0.25, 0.3) is 0 Å². The Kier molecular flexibility index (Phi) is 15.9. The monoisotopic (exact) mass is 933 g/mol. The smallest absolute Gasteiger partial charge is 0.411 e. The van der Waals surface area contributed by atoms with Gasteiger partial charge in [-0.15, -0.1) is 0 Å². The van der Waals surface area contributed by atoms with Crippen LogP contribution in [-0.2, 0) is 32.2 Å². The molecule has 0 aliphatic carbocycles. The molecule has 2 unspecified atom stereocenters. The molecule has 0 saturated carbocycles. The summed E-state index contributed by atoms with van der Waals surface area (Å²) in [6, 6.07) is 27.2. The van der Waals surface area contributed by atoms with E-state index >= 15 is 0 Å². The normalized spacial score (nSPS) is 15.3. The third-order valence-corrected chi connectivity index (χ3v) is 9.97. The van der Waals surface area contributed by atoms with Crippen molar-refractivity contribution in [2.24, 2.45) is 5.73 Å². The fourth-order valence-corrected chi connectivity index (χ4v) is 6.81. The van der Waals surface area contributed by atoms with E-state index in [0.29, 0.717) is 23.2 Å². The Labute approximate surface area is 361 Å². The Morgan fingerprint density at radius 2 is 1.00 bits per heavy atom. The van der Waals surface area contributed by atoms with E-state index in [-0.39, 0.29) is 43.3 Å². The molecule has 2 amide bonds. The predicted octanol–water partition coefficient (Wildman–Crippen LogP) is 9.63. The SMILES string of the molecule is CC(C)(C)OC(=O)N1Cc2ccccc2C1C(=O)CCC(=O)c1ccc(Br)cc1.CC(C)(C)OC(=O)N1Cc2ccccc2C1C(=O)O.NCC(=O)c1ccc(Br)cc1. The predicted molar refractivity (Wildman–Crippen MR) is 230 cm³/mol. The van der Waals surface area contributed by atoms with Crippen molar-refractivity contribution in [1.82, 2.24) is 9.80 Å². The molecule has 4 aromatic carbocycles.